The number of hydrogen-bond acceptors (Lipinski definition) is 6. The van der Waals surface area contributed by atoms with Gasteiger partial charge in [0.25, 0.3) is 5.91 Å². The third-order valence-electron chi connectivity index (χ3n) is 2.65. The summed E-state index contributed by atoms with van der Waals surface area (Å²) in [5.74, 6) is -0.179. The number of aromatic nitrogens is 4. The quantitative estimate of drug-likeness (QED) is 0.802. The van der Waals surface area contributed by atoms with Gasteiger partial charge in [-0.2, -0.15) is 5.10 Å². The fraction of sp³-hybridized carbons (Fsp3) is 0.273. The van der Waals surface area contributed by atoms with Crippen LogP contribution in [-0.2, 0) is 0 Å². The SMILES string of the molecule is Cc1nc(C(=O)NC(C)c2cn3ncsc3n2)cs1. The van der Waals surface area contributed by atoms with Crippen molar-refractivity contribution in [1.29, 1.82) is 0 Å². The molecule has 0 aliphatic rings. The van der Waals surface area contributed by atoms with Gasteiger partial charge < -0.3 is 5.32 Å². The summed E-state index contributed by atoms with van der Waals surface area (Å²) < 4.78 is 1.70. The van der Waals surface area contributed by atoms with Crippen molar-refractivity contribution in [1.82, 2.24) is 24.9 Å². The normalized spacial score (nSPS) is 12.7. The van der Waals surface area contributed by atoms with Crippen LogP contribution in [0.25, 0.3) is 4.96 Å². The number of hydrogen-bond donors (Lipinski definition) is 1. The van der Waals surface area contributed by atoms with E-state index in [1.54, 1.807) is 15.4 Å². The molecule has 98 valence electrons. The van der Waals surface area contributed by atoms with Crippen LogP contribution in [0.1, 0.15) is 34.2 Å². The van der Waals surface area contributed by atoms with Crippen molar-refractivity contribution in [3.63, 3.8) is 0 Å². The molecular weight excluding hydrogens is 282 g/mol. The van der Waals surface area contributed by atoms with Crippen LogP contribution in [0.2, 0.25) is 0 Å². The number of rotatable bonds is 3. The van der Waals surface area contributed by atoms with Gasteiger partial charge in [0.1, 0.15) is 11.2 Å². The Labute approximate surface area is 117 Å². The average Bonchev–Trinajstić information content (AvgIpc) is 3.02. The number of aryl methyl sites for hydroxylation is 1. The van der Waals surface area contributed by atoms with Crippen LogP contribution < -0.4 is 5.32 Å². The van der Waals surface area contributed by atoms with Gasteiger partial charge in [-0.25, -0.2) is 14.5 Å². The number of fused-ring (bicyclic) bond motifs is 1. The van der Waals surface area contributed by atoms with Crippen molar-refractivity contribution >= 4 is 33.5 Å². The Bertz CT molecular complexity index is 700. The van der Waals surface area contributed by atoms with Crippen LogP contribution in [0.15, 0.2) is 17.1 Å². The molecule has 0 radical (unpaired) electrons. The highest BCUT2D eigenvalue weighted by atomic mass is 32.1. The Morgan fingerprint density at radius 1 is 1.42 bits per heavy atom. The third-order valence-corrected chi connectivity index (χ3v) is 4.11. The van der Waals surface area contributed by atoms with E-state index in [1.165, 1.54) is 22.7 Å². The number of thiazole rings is 1. The van der Waals surface area contributed by atoms with Gasteiger partial charge in [0, 0.05) is 5.38 Å². The zero-order chi connectivity index (χ0) is 13.4. The van der Waals surface area contributed by atoms with Crippen molar-refractivity contribution < 1.29 is 4.79 Å². The molecule has 3 rings (SSSR count). The Balaban J connectivity index is 1.75. The van der Waals surface area contributed by atoms with Gasteiger partial charge in [0.2, 0.25) is 4.96 Å². The average molecular weight is 293 g/mol. The molecule has 3 heterocycles. The van der Waals surface area contributed by atoms with Crippen molar-refractivity contribution in [2.45, 2.75) is 19.9 Å². The lowest BCUT2D eigenvalue weighted by atomic mass is 10.2. The number of carbonyl (C=O) groups excluding carboxylic acids is 1. The lowest BCUT2D eigenvalue weighted by Gasteiger charge is -2.09. The summed E-state index contributed by atoms with van der Waals surface area (Å²) in [6.45, 7) is 3.77. The van der Waals surface area contributed by atoms with Crippen molar-refractivity contribution in [2.75, 3.05) is 0 Å². The van der Waals surface area contributed by atoms with E-state index < -0.39 is 0 Å². The van der Waals surface area contributed by atoms with E-state index in [-0.39, 0.29) is 11.9 Å². The van der Waals surface area contributed by atoms with Gasteiger partial charge >= 0.3 is 0 Å². The second-order valence-electron chi connectivity index (χ2n) is 4.08. The van der Waals surface area contributed by atoms with E-state index in [2.05, 4.69) is 20.4 Å². The Kier molecular flexibility index (Phi) is 3.03. The van der Waals surface area contributed by atoms with Crippen LogP contribution in [0.5, 0.6) is 0 Å². The molecule has 3 aromatic rings. The first-order chi connectivity index (χ1) is 9.13. The molecule has 1 unspecified atom stereocenters. The molecule has 0 fully saturated rings. The number of imidazole rings is 1. The highest BCUT2D eigenvalue weighted by Gasteiger charge is 2.16. The third kappa shape index (κ3) is 2.36. The molecule has 1 N–H and O–H groups in total. The van der Waals surface area contributed by atoms with E-state index >= 15 is 0 Å². The minimum absolute atomic E-state index is 0.177. The van der Waals surface area contributed by atoms with Crippen LogP contribution in [0.4, 0.5) is 0 Å². The van der Waals surface area contributed by atoms with E-state index in [4.69, 9.17) is 0 Å². The number of nitrogens with zero attached hydrogens (tertiary/aromatic N) is 4. The molecule has 3 aromatic heterocycles. The first-order valence-electron chi connectivity index (χ1n) is 5.65. The summed E-state index contributed by atoms with van der Waals surface area (Å²) in [5, 5.41) is 9.63. The molecule has 8 heteroatoms. The van der Waals surface area contributed by atoms with E-state index in [1.807, 2.05) is 20.0 Å². The monoisotopic (exact) mass is 293 g/mol. The lowest BCUT2D eigenvalue weighted by molar-refractivity contribution is 0.0934. The van der Waals surface area contributed by atoms with Gasteiger partial charge in [0.15, 0.2) is 0 Å². The topological polar surface area (TPSA) is 72.2 Å². The van der Waals surface area contributed by atoms with Crippen molar-refractivity contribution in [2.24, 2.45) is 0 Å². The molecule has 0 saturated heterocycles. The van der Waals surface area contributed by atoms with Crippen LogP contribution in [-0.4, -0.2) is 25.5 Å². The standard InChI is InChI=1S/C11H11N5OS2/c1-6(8-3-16-11(15-8)19-5-12-16)13-10(17)9-4-18-7(2)14-9/h3-6H,1-2H3,(H,13,17). The van der Waals surface area contributed by atoms with Crippen LogP contribution in [0.3, 0.4) is 0 Å². The molecule has 19 heavy (non-hydrogen) atoms. The second kappa shape index (κ2) is 4.71. The zero-order valence-corrected chi connectivity index (χ0v) is 12.0. The van der Waals surface area contributed by atoms with Crippen molar-refractivity contribution in [3.8, 4) is 0 Å². The van der Waals surface area contributed by atoms with Gasteiger partial charge in [-0.15, -0.1) is 11.3 Å². The maximum atomic E-state index is 12.0. The van der Waals surface area contributed by atoms with Gasteiger partial charge in [-0.05, 0) is 13.8 Å². The summed E-state index contributed by atoms with van der Waals surface area (Å²) in [4.78, 5) is 21.4. The Morgan fingerprint density at radius 2 is 2.26 bits per heavy atom. The summed E-state index contributed by atoms with van der Waals surface area (Å²) in [7, 11) is 0. The number of amides is 1. The summed E-state index contributed by atoms with van der Waals surface area (Å²) in [6.07, 6.45) is 1.82. The maximum absolute atomic E-state index is 12.0. The lowest BCUT2D eigenvalue weighted by Crippen LogP contribution is -2.27. The largest absolute Gasteiger partial charge is 0.343 e. The first-order valence-corrected chi connectivity index (χ1v) is 7.41. The second-order valence-corrected chi connectivity index (χ2v) is 5.95. The maximum Gasteiger partial charge on any atom is 0.271 e. The minimum atomic E-state index is -0.179. The zero-order valence-electron chi connectivity index (χ0n) is 10.3. The van der Waals surface area contributed by atoms with E-state index in [0.717, 1.165) is 15.7 Å². The molecule has 0 aliphatic heterocycles. The predicted molar refractivity (Wildman–Crippen MR) is 73.6 cm³/mol. The molecule has 0 spiro atoms. The summed E-state index contributed by atoms with van der Waals surface area (Å²) in [6, 6.07) is -0.177. The molecule has 0 bridgehead atoms. The Hall–Kier alpha value is -1.80. The number of nitrogens with one attached hydrogen (secondary N) is 1. The summed E-state index contributed by atoms with van der Waals surface area (Å²) in [5.41, 5.74) is 2.97. The molecule has 0 saturated carbocycles. The predicted octanol–water partition coefficient (Wildman–Crippen LogP) is 2.05. The van der Waals surface area contributed by atoms with Crippen molar-refractivity contribution in [3.05, 3.63) is 33.5 Å². The molecule has 0 aliphatic carbocycles. The highest BCUT2D eigenvalue weighted by Crippen LogP contribution is 2.16. The fourth-order valence-electron chi connectivity index (χ4n) is 1.68. The van der Waals surface area contributed by atoms with Gasteiger partial charge in [-0.3, -0.25) is 4.79 Å². The highest BCUT2D eigenvalue weighted by molar-refractivity contribution is 7.14. The van der Waals surface area contributed by atoms with Crippen LogP contribution in [0, 0.1) is 6.92 Å². The Morgan fingerprint density at radius 3 is 2.95 bits per heavy atom. The van der Waals surface area contributed by atoms with Gasteiger partial charge in [0.05, 0.1) is 22.9 Å². The molecule has 0 aromatic carbocycles. The summed E-state index contributed by atoms with van der Waals surface area (Å²) >= 11 is 2.92. The van der Waals surface area contributed by atoms with Crippen LogP contribution >= 0.6 is 22.7 Å². The molecular formula is C11H11N5OS2. The molecule has 1 atom stereocenters. The smallest absolute Gasteiger partial charge is 0.271 e. The van der Waals surface area contributed by atoms with E-state index in [9.17, 15) is 4.79 Å². The molecule has 1 amide bonds. The number of carbonyl (C=O) groups is 1. The van der Waals surface area contributed by atoms with Gasteiger partial charge in [-0.1, -0.05) is 11.3 Å². The molecule has 6 nitrogen and oxygen atoms in total. The van der Waals surface area contributed by atoms with E-state index in [0.29, 0.717) is 5.69 Å². The first kappa shape index (κ1) is 12.2. The fourth-order valence-corrected chi connectivity index (χ4v) is 2.88. The minimum Gasteiger partial charge on any atom is -0.343 e.